The molecule has 0 saturated heterocycles. The minimum atomic E-state index is -0.597. The largest absolute Gasteiger partial charge is 0.497 e. The van der Waals surface area contributed by atoms with E-state index in [4.69, 9.17) is 21.1 Å². The van der Waals surface area contributed by atoms with Gasteiger partial charge in [0.05, 0.1) is 20.8 Å². The smallest absolute Gasteiger partial charge is 0.355 e. The van der Waals surface area contributed by atoms with Crippen LogP contribution in [-0.4, -0.2) is 24.8 Å². The van der Waals surface area contributed by atoms with Gasteiger partial charge in [0.25, 0.3) is 5.56 Å². The second-order valence-electron chi connectivity index (χ2n) is 7.01. The van der Waals surface area contributed by atoms with Crippen molar-refractivity contribution in [3.8, 4) is 16.9 Å². The zero-order chi connectivity index (χ0) is 22.0. The highest BCUT2D eigenvalue weighted by atomic mass is 35.5. The molecule has 0 N–H and O–H groups in total. The zero-order valence-corrected chi connectivity index (χ0v) is 17.8. The first kappa shape index (κ1) is 20.7. The average Bonchev–Trinajstić information content (AvgIpc) is 2.81. The minimum Gasteiger partial charge on any atom is -0.497 e. The van der Waals surface area contributed by atoms with Gasteiger partial charge in [0.2, 0.25) is 0 Å². The Morgan fingerprint density at radius 1 is 0.935 bits per heavy atom. The van der Waals surface area contributed by atoms with Crippen LogP contribution in [0.3, 0.4) is 0 Å². The Morgan fingerprint density at radius 3 is 2.29 bits per heavy atom. The molecule has 156 valence electrons. The van der Waals surface area contributed by atoms with Crippen molar-refractivity contribution in [3.05, 3.63) is 99.4 Å². The highest BCUT2D eigenvalue weighted by Crippen LogP contribution is 2.34. The van der Waals surface area contributed by atoms with Crippen molar-refractivity contribution >= 4 is 28.3 Å². The molecule has 1 aromatic heterocycles. The number of rotatable bonds is 5. The lowest BCUT2D eigenvalue weighted by Crippen LogP contribution is -2.28. The third-order valence-electron chi connectivity index (χ3n) is 5.17. The number of pyridine rings is 1. The summed E-state index contributed by atoms with van der Waals surface area (Å²) < 4.78 is 11.8. The molecule has 5 nitrogen and oxygen atoms in total. The van der Waals surface area contributed by atoms with Gasteiger partial charge in [-0.15, -0.1) is 0 Å². The molecule has 0 aliphatic carbocycles. The van der Waals surface area contributed by atoms with E-state index in [1.165, 1.54) is 11.7 Å². The van der Waals surface area contributed by atoms with Crippen LogP contribution in [0.5, 0.6) is 5.75 Å². The van der Waals surface area contributed by atoms with Crippen LogP contribution < -0.4 is 10.3 Å². The summed E-state index contributed by atoms with van der Waals surface area (Å²) in [5, 5.41) is 1.53. The molecule has 0 atom stereocenters. The number of halogens is 1. The Bertz CT molecular complexity index is 1310. The van der Waals surface area contributed by atoms with E-state index in [9.17, 15) is 9.59 Å². The molecule has 0 radical (unpaired) electrons. The fourth-order valence-corrected chi connectivity index (χ4v) is 3.87. The molecular formula is C25H20ClNO4. The quantitative estimate of drug-likeness (QED) is 0.408. The number of benzene rings is 3. The number of ether oxygens (including phenoxy) is 2. The van der Waals surface area contributed by atoms with E-state index in [0.29, 0.717) is 27.1 Å². The van der Waals surface area contributed by atoms with Crippen molar-refractivity contribution in [2.75, 3.05) is 14.2 Å². The highest BCUT2D eigenvalue weighted by molar-refractivity contribution is 6.31. The third kappa shape index (κ3) is 3.92. The van der Waals surface area contributed by atoms with Crippen LogP contribution >= 0.6 is 11.6 Å². The van der Waals surface area contributed by atoms with Gasteiger partial charge < -0.3 is 9.47 Å². The van der Waals surface area contributed by atoms with Gasteiger partial charge in [-0.25, -0.2) is 4.79 Å². The average molecular weight is 434 g/mol. The molecule has 0 fully saturated rings. The van der Waals surface area contributed by atoms with Crippen LogP contribution in [0.25, 0.3) is 21.9 Å². The first-order valence-corrected chi connectivity index (χ1v) is 10.0. The van der Waals surface area contributed by atoms with E-state index in [-0.39, 0.29) is 17.8 Å². The fraction of sp³-hybridized carbons (Fsp3) is 0.120. The molecule has 0 bridgehead atoms. The van der Waals surface area contributed by atoms with Crippen LogP contribution in [0.15, 0.2) is 77.6 Å². The van der Waals surface area contributed by atoms with Crippen molar-refractivity contribution in [2.24, 2.45) is 0 Å². The minimum absolute atomic E-state index is 0.177. The van der Waals surface area contributed by atoms with Crippen LogP contribution in [0, 0.1) is 0 Å². The highest BCUT2D eigenvalue weighted by Gasteiger charge is 2.24. The molecule has 0 aliphatic rings. The number of carbonyl (C=O) groups excluding carboxylic acids is 1. The van der Waals surface area contributed by atoms with Crippen molar-refractivity contribution < 1.29 is 14.3 Å². The van der Waals surface area contributed by atoms with Crippen molar-refractivity contribution in [3.63, 3.8) is 0 Å². The summed E-state index contributed by atoms with van der Waals surface area (Å²) >= 11 is 6.27. The Kier molecular flexibility index (Phi) is 5.78. The maximum absolute atomic E-state index is 13.5. The molecule has 4 aromatic rings. The molecule has 0 saturated carbocycles. The van der Waals surface area contributed by atoms with Gasteiger partial charge >= 0.3 is 5.97 Å². The third-order valence-corrected chi connectivity index (χ3v) is 5.41. The topological polar surface area (TPSA) is 57.5 Å². The number of carbonyl (C=O) groups is 1. The second-order valence-corrected chi connectivity index (χ2v) is 7.45. The number of aromatic nitrogens is 1. The summed E-state index contributed by atoms with van der Waals surface area (Å²) in [6.45, 7) is 0.228. The lowest BCUT2D eigenvalue weighted by atomic mass is 9.96. The van der Waals surface area contributed by atoms with Crippen molar-refractivity contribution in [2.45, 2.75) is 6.54 Å². The molecule has 0 unspecified atom stereocenters. The van der Waals surface area contributed by atoms with E-state index in [1.807, 2.05) is 42.5 Å². The Balaban J connectivity index is 2.11. The molecule has 4 rings (SSSR count). The summed E-state index contributed by atoms with van der Waals surface area (Å²) in [5.74, 6) is 0.0871. The molecule has 0 spiro atoms. The molecular weight excluding hydrogens is 414 g/mol. The summed E-state index contributed by atoms with van der Waals surface area (Å²) in [4.78, 5) is 26.4. The van der Waals surface area contributed by atoms with E-state index in [2.05, 4.69) is 0 Å². The lowest BCUT2D eigenvalue weighted by Gasteiger charge is -2.19. The fourth-order valence-electron chi connectivity index (χ4n) is 3.69. The number of hydrogen-bond donors (Lipinski definition) is 0. The second kappa shape index (κ2) is 8.66. The number of esters is 1. The molecule has 31 heavy (non-hydrogen) atoms. The zero-order valence-electron chi connectivity index (χ0n) is 17.1. The predicted molar refractivity (Wildman–Crippen MR) is 122 cm³/mol. The predicted octanol–water partition coefficient (Wildman–Crippen LogP) is 5.17. The first-order chi connectivity index (χ1) is 15.0. The Hall–Kier alpha value is -3.57. The standard InChI is InChI=1S/C25H20ClNO4/c1-30-19-11-8-17(9-12-19)22-21-14-18(26)10-13-20(21)24(28)27(23(22)25(29)31-2)15-16-6-4-3-5-7-16/h3-14H,15H2,1-2H3. The SMILES string of the molecule is COC(=O)c1c(-c2ccc(OC)cc2)c2cc(Cl)ccc2c(=O)n1Cc1ccccc1. The molecule has 0 amide bonds. The van der Waals surface area contributed by atoms with E-state index < -0.39 is 5.97 Å². The summed E-state index contributed by atoms with van der Waals surface area (Å²) in [5.41, 5.74) is 2.12. The Morgan fingerprint density at radius 2 is 1.65 bits per heavy atom. The molecule has 6 heteroatoms. The van der Waals surface area contributed by atoms with Crippen molar-refractivity contribution in [1.82, 2.24) is 4.57 Å². The monoisotopic (exact) mass is 433 g/mol. The van der Waals surface area contributed by atoms with Gasteiger partial charge in [-0.1, -0.05) is 54.1 Å². The van der Waals surface area contributed by atoms with Crippen LogP contribution in [-0.2, 0) is 11.3 Å². The number of fused-ring (bicyclic) bond motifs is 1. The maximum atomic E-state index is 13.5. The van der Waals surface area contributed by atoms with Gasteiger partial charge in [0, 0.05) is 16.0 Å². The summed E-state index contributed by atoms with van der Waals surface area (Å²) in [7, 11) is 2.89. The van der Waals surface area contributed by atoms with Crippen LogP contribution in [0.2, 0.25) is 5.02 Å². The van der Waals surface area contributed by atoms with E-state index >= 15 is 0 Å². The molecule has 1 heterocycles. The number of methoxy groups -OCH3 is 2. The summed E-state index contributed by atoms with van der Waals surface area (Å²) in [6.07, 6.45) is 0. The first-order valence-electron chi connectivity index (χ1n) is 9.66. The van der Waals surface area contributed by atoms with Gasteiger partial charge in [-0.05, 0) is 46.8 Å². The van der Waals surface area contributed by atoms with Gasteiger partial charge in [0.15, 0.2) is 0 Å². The molecule has 3 aromatic carbocycles. The lowest BCUT2D eigenvalue weighted by molar-refractivity contribution is 0.0588. The van der Waals surface area contributed by atoms with Gasteiger partial charge in [-0.3, -0.25) is 9.36 Å². The summed E-state index contributed by atoms with van der Waals surface area (Å²) in [6, 6.07) is 21.9. The normalized spacial score (nSPS) is 10.8. The van der Waals surface area contributed by atoms with Crippen molar-refractivity contribution in [1.29, 1.82) is 0 Å². The van der Waals surface area contributed by atoms with E-state index in [0.717, 1.165) is 11.1 Å². The Labute approximate surface area is 184 Å². The van der Waals surface area contributed by atoms with Crippen LogP contribution in [0.4, 0.5) is 0 Å². The van der Waals surface area contributed by atoms with E-state index in [1.54, 1.807) is 37.4 Å². The van der Waals surface area contributed by atoms with Gasteiger partial charge in [-0.2, -0.15) is 0 Å². The number of nitrogens with zero attached hydrogens (tertiary/aromatic N) is 1. The number of hydrogen-bond acceptors (Lipinski definition) is 4. The van der Waals surface area contributed by atoms with Crippen LogP contribution in [0.1, 0.15) is 16.1 Å². The van der Waals surface area contributed by atoms with Gasteiger partial charge in [0.1, 0.15) is 11.4 Å². The maximum Gasteiger partial charge on any atom is 0.355 e. The molecule has 0 aliphatic heterocycles.